The van der Waals surface area contributed by atoms with Gasteiger partial charge in [-0.25, -0.2) is 0 Å². The van der Waals surface area contributed by atoms with Crippen molar-refractivity contribution in [3.05, 3.63) is 36.4 Å². The second kappa shape index (κ2) is 5.91. The van der Waals surface area contributed by atoms with Crippen LogP contribution in [0, 0.1) is 0 Å². The number of nitrogens with zero attached hydrogens (tertiary/aromatic N) is 1. The van der Waals surface area contributed by atoms with E-state index in [4.69, 9.17) is 9.47 Å². The Hall–Kier alpha value is -1.48. The molecule has 1 aromatic carbocycles. The Morgan fingerprint density at radius 2 is 2.22 bits per heavy atom. The van der Waals surface area contributed by atoms with Crippen molar-refractivity contribution in [2.24, 2.45) is 0 Å². The van der Waals surface area contributed by atoms with Crippen molar-refractivity contribution in [1.82, 2.24) is 4.90 Å². The maximum absolute atomic E-state index is 5.48. The fraction of sp³-hybridized carbons (Fsp3) is 0.467. The first-order valence-electron chi connectivity index (χ1n) is 6.37. The van der Waals surface area contributed by atoms with Gasteiger partial charge in [-0.15, -0.1) is 6.58 Å². The monoisotopic (exact) mass is 247 g/mol. The van der Waals surface area contributed by atoms with Crippen LogP contribution < -0.4 is 9.47 Å². The van der Waals surface area contributed by atoms with E-state index < -0.39 is 0 Å². The van der Waals surface area contributed by atoms with Crippen LogP contribution in [0.5, 0.6) is 11.5 Å². The largest absolute Gasteiger partial charge is 0.497 e. The SMILES string of the molecule is C=CCN1CCCC1c1cc(OC)ccc1OC. The molecule has 2 rings (SSSR count). The Labute approximate surface area is 109 Å². The van der Waals surface area contributed by atoms with E-state index in [1.165, 1.54) is 12.0 Å². The zero-order valence-corrected chi connectivity index (χ0v) is 11.2. The maximum Gasteiger partial charge on any atom is 0.123 e. The lowest BCUT2D eigenvalue weighted by Gasteiger charge is -2.25. The third kappa shape index (κ3) is 2.51. The number of hydrogen-bond donors (Lipinski definition) is 0. The van der Waals surface area contributed by atoms with E-state index in [1.807, 2.05) is 18.2 Å². The molecule has 3 heteroatoms. The summed E-state index contributed by atoms with van der Waals surface area (Å²) in [7, 11) is 3.42. The van der Waals surface area contributed by atoms with Gasteiger partial charge >= 0.3 is 0 Å². The lowest BCUT2D eigenvalue weighted by molar-refractivity contribution is 0.276. The third-order valence-electron chi connectivity index (χ3n) is 3.52. The third-order valence-corrected chi connectivity index (χ3v) is 3.52. The van der Waals surface area contributed by atoms with Gasteiger partial charge in [-0.3, -0.25) is 4.90 Å². The van der Waals surface area contributed by atoms with Crippen LogP contribution in [-0.2, 0) is 0 Å². The number of ether oxygens (including phenoxy) is 2. The highest BCUT2D eigenvalue weighted by atomic mass is 16.5. The highest BCUT2D eigenvalue weighted by molar-refractivity contribution is 5.42. The van der Waals surface area contributed by atoms with Gasteiger partial charge in [-0.1, -0.05) is 6.08 Å². The Morgan fingerprint density at radius 3 is 2.89 bits per heavy atom. The van der Waals surface area contributed by atoms with E-state index >= 15 is 0 Å². The summed E-state index contributed by atoms with van der Waals surface area (Å²) in [5.41, 5.74) is 1.22. The zero-order valence-electron chi connectivity index (χ0n) is 11.2. The van der Waals surface area contributed by atoms with Crippen LogP contribution in [0.4, 0.5) is 0 Å². The van der Waals surface area contributed by atoms with Gasteiger partial charge in [0.05, 0.1) is 14.2 Å². The van der Waals surface area contributed by atoms with Gasteiger partial charge in [-0.2, -0.15) is 0 Å². The topological polar surface area (TPSA) is 21.7 Å². The Bertz CT molecular complexity index is 417. The minimum Gasteiger partial charge on any atom is -0.497 e. The molecule has 1 atom stereocenters. The molecule has 1 fully saturated rings. The zero-order chi connectivity index (χ0) is 13.0. The summed E-state index contributed by atoms with van der Waals surface area (Å²) in [6.07, 6.45) is 4.35. The molecule has 0 amide bonds. The fourth-order valence-electron chi connectivity index (χ4n) is 2.66. The van der Waals surface area contributed by atoms with Crippen LogP contribution in [0.25, 0.3) is 0 Å². The molecule has 0 radical (unpaired) electrons. The normalized spacial score (nSPS) is 19.8. The van der Waals surface area contributed by atoms with Gasteiger partial charge in [0, 0.05) is 18.2 Å². The minimum atomic E-state index is 0.410. The molecule has 1 aliphatic rings. The average molecular weight is 247 g/mol. The molecular weight excluding hydrogens is 226 g/mol. The van der Waals surface area contributed by atoms with Crippen molar-refractivity contribution < 1.29 is 9.47 Å². The van der Waals surface area contributed by atoms with Crippen LogP contribution in [-0.4, -0.2) is 32.2 Å². The molecule has 0 aliphatic carbocycles. The Balaban J connectivity index is 2.32. The fourth-order valence-corrected chi connectivity index (χ4v) is 2.66. The number of methoxy groups -OCH3 is 2. The molecule has 98 valence electrons. The van der Waals surface area contributed by atoms with Crippen LogP contribution >= 0.6 is 0 Å². The number of rotatable bonds is 5. The molecule has 0 N–H and O–H groups in total. The summed E-state index contributed by atoms with van der Waals surface area (Å²) in [6, 6.07) is 6.42. The number of hydrogen-bond acceptors (Lipinski definition) is 3. The molecule has 3 nitrogen and oxygen atoms in total. The molecule has 1 aromatic rings. The van der Waals surface area contributed by atoms with Crippen LogP contribution in [0.2, 0.25) is 0 Å². The van der Waals surface area contributed by atoms with Gasteiger partial charge in [0.2, 0.25) is 0 Å². The van der Waals surface area contributed by atoms with E-state index in [2.05, 4.69) is 17.5 Å². The molecule has 1 heterocycles. The van der Waals surface area contributed by atoms with Crippen LogP contribution in [0.15, 0.2) is 30.9 Å². The van der Waals surface area contributed by atoms with E-state index in [0.29, 0.717) is 6.04 Å². The first-order valence-corrected chi connectivity index (χ1v) is 6.37. The highest BCUT2D eigenvalue weighted by Gasteiger charge is 2.27. The standard InChI is InChI=1S/C15H21NO2/c1-4-9-16-10-5-6-14(16)13-11-12(17-2)7-8-15(13)18-3/h4,7-8,11,14H,1,5-6,9-10H2,2-3H3. The second-order valence-electron chi connectivity index (χ2n) is 4.55. The van der Waals surface area contributed by atoms with Crippen molar-refractivity contribution in [1.29, 1.82) is 0 Å². The van der Waals surface area contributed by atoms with Gasteiger partial charge in [-0.05, 0) is 37.6 Å². The lowest BCUT2D eigenvalue weighted by Crippen LogP contribution is -2.23. The second-order valence-corrected chi connectivity index (χ2v) is 4.55. The lowest BCUT2D eigenvalue weighted by atomic mass is 10.0. The first-order chi connectivity index (χ1) is 8.80. The van der Waals surface area contributed by atoms with Gasteiger partial charge in [0.1, 0.15) is 11.5 Å². The molecule has 0 saturated carbocycles. The van der Waals surface area contributed by atoms with Crippen molar-refractivity contribution in [3.63, 3.8) is 0 Å². The smallest absolute Gasteiger partial charge is 0.123 e. The number of likely N-dealkylation sites (tertiary alicyclic amines) is 1. The summed E-state index contributed by atoms with van der Waals surface area (Å²) in [6.45, 7) is 5.87. The van der Waals surface area contributed by atoms with Gasteiger partial charge < -0.3 is 9.47 Å². The molecule has 0 bridgehead atoms. The summed E-state index contributed by atoms with van der Waals surface area (Å²) in [5.74, 6) is 1.83. The summed E-state index contributed by atoms with van der Waals surface area (Å²) in [4.78, 5) is 2.43. The first kappa shape index (κ1) is 13.0. The van der Waals surface area contributed by atoms with Crippen LogP contribution in [0.3, 0.4) is 0 Å². The molecular formula is C15H21NO2. The highest BCUT2D eigenvalue weighted by Crippen LogP contribution is 2.38. The predicted octanol–water partition coefficient (Wildman–Crippen LogP) is 3.03. The van der Waals surface area contributed by atoms with Gasteiger partial charge in [0.25, 0.3) is 0 Å². The quantitative estimate of drug-likeness (QED) is 0.746. The van der Waals surface area contributed by atoms with Crippen LogP contribution in [0.1, 0.15) is 24.4 Å². The van der Waals surface area contributed by atoms with Crippen molar-refractivity contribution in [2.45, 2.75) is 18.9 Å². The predicted molar refractivity (Wildman–Crippen MR) is 73.3 cm³/mol. The number of benzene rings is 1. The average Bonchev–Trinajstić information content (AvgIpc) is 2.86. The minimum absolute atomic E-state index is 0.410. The van der Waals surface area contributed by atoms with E-state index in [9.17, 15) is 0 Å². The van der Waals surface area contributed by atoms with Crippen molar-refractivity contribution in [3.8, 4) is 11.5 Å². The van der Waals surface area contributed by atoms with Crippen molar-refractivity contribution >= 4 is 0 Å². The summed E-state index contributed by atoms with van der Waals surface area (Å²) in [5, 5.41) is 0. The molecule has 0 spiro atoms. The Kier molecular flexibility index (Phi) is 4.26. The van der Waals surface area contributed by atoms with E-state index in [1.54, 1.807) is 14.2 Å². The molecule has 0 aromatic heterocycles. The molecule has 1 saturated heterocycles. The summed E-state index contributed by atoms with van der Waals surface area (Å²) >= 11 is 0. The van der Waals surface area contributed by atoms with Crippen molar-refractivity contribution in [2.75, 3.05) is 27.3 Å². The van der Waals surface area contributed by atoms with Gasteiger partial charge in [0.15, 0.2) is 0 Å². The Morgan fingerprint density at radius 1 is 1.39 bits per heavy atom. The molecule has 18 heavy (non-hydrogen) atoms. The molecule has 1 aliphatic heterocycles. The maximum atomic E-state index is 5.48. The summed E-state index contributed by atoms with van der Waals surface area (Å²) < 4.78 is 10.8. The van der Waals surface area contributed by atoms with E-state index in [-0.39, 0.29) is 0 Å². The molecule has 1 unspecified atom stereocenters. The van der Waals surface area contributed by atoms with E-state index in [0.717, 1.165) is 31.0 Å².